The van der Waals surface area contributed by atoms with Crippen LogP contribution in [0.5, 0.6) is 0 Å². The highest BCUT2D eigenvalue weighted by molar-refractivity contribution is 5.48. The van der Waals surface area contributed by atoms with Gasteiger partial charge in [-0.25, -0.2) is 9.97 Å². The van der Waals surface area contributed by atoms with Crippen LogP contribution in [-0.4, -0.2) is 21.6 Å². The number of nitrogens with zero attached hydrogens (tertiary/aromatic N) is 3. The molecule has 0 saturated heterocycles. The minimum atomic E-state index is 0.0104. The molecule has 90 valence electrons. The molecular weight excluding hydrogens is 214 g/mol. The summed E-state index contributed by atoms with van der Waals surface area (Å²) in [7, 11) is 3.87. The lowest BCUT2D eigenvalue weighted by Crippen LogP contribution is -2.22. The van der Waals surface area contributed by atoms with Gasteiger partial charge < -0.3 is 15.6 Å². The van der Waals surface area contributed by atoms with Gasteiger partial charge in [0.1, 0.15) is 5.82 Å². The van der Waals surface area contributed by atoms with Gasteiger partial charge in [0, 0.05) is 18.8 Å². The number of rotatable bonds is 3. The first-order valence-corrected chi connectivity index (χ1v) is 5.49. The second-order valence-electron chi connectivity index (χ2n) is 4.08. The molecule has 0 spiro atoms. The predicted molar refractivity (Wildman–Crippen MR) is 67.5 cm³/mol. The molecule has 2 rings (SSSR count). The zero-order chi connectivity index (χ0) is 12.4. The highest BCUT2D eigenvalue weighted by atomic mass is 15.1. The van der Waals surface area contributed by atoms with E-state index in [9.17, 15) is 0 Å². The van der Waals surface area contributed by atoms with Crippen molar-refractivity contribution in [3.63, 3.8) is 0 Å². The molecule has 0 saturated carbocycles. The van der Waals surface area contributed by atoms with Crippen LogP contribution in [0.15, 0.2) is 24.8 Å². The Bertz CT molecular complexity index is 497. The maximum atomic E-state index is 5.97. The van der Waals surface area contributed by atoms with Gasteiger partial charge in [-0.2, -0.15) is 0 Å². The first-order valence-electron chi connectivity index (χ1n) is 5.49. The molecule has 0 radical (unpaired) electrons. The third kappa shape index (κ3) is 2.01. The molecule has 0 aromatic carbocycles. The molecule has 1 unspecified atom stereocenters. The molecule has 0 aliphatic rings. The number of nitrogens with two attached hydrogens (primary N) is 1. The number of hydrogen-bond acceptors (Lipinski definition) is 4. The van der Waals surface area contributed by atoms with Gasteiger partial charge in [-0.1, -0.05) is 0 Å². The van der Waals surface area contributed by atoms with Gasteiger partial charge in [0.15, 0.2) is 0 Å². The lowest BCUT2D eigenvalue weighted by Gasteiger charge is -2.20. The summed E-state index contributed by atoms with van der Waals surface area (Å²) in [5.74, 6) is 0.561. The van der Waals surface area contributed by atoms with Crippen LogP contribution in [0.4, 0.5) is 5.82 Å². The smallest absolute Gasteiger partial charge is 0.128 e. The number of anilines is 1. The fraction of sp³-hybridized carbons (Fsp3) is 0.333. The molecule has 1 atom stereocenters. The van der Waals surface area contributed by atoms with E-state index in [0.29, 0.717) is 5.82 Å². The standard InChI is InChI=1S/C12H17N5/c1-8-4-5-16-12(13)10(8)11(14-2)9-6-15-7-17(9)3/h4-7,11,14H,1-3H3,(H2,13,16). The molecule has 0 amide bonds. The summed E-state index contributed by atoms with van der Waals surface area (Å²) < 4.78 is 1.98. The zero-order valence-electron chi connectivity index (χ0n) is 10.3. The van der Waals surface area contributed by atoms with Crippen LogP contribution < -0.4 is 11.1 Å². The average Bonchev–Trinajstić information content (AvgIpc) is 2.70. The molecule has 2 aromatic rings. The van der Waals surface area contributed by atoms with Gasteiger partial charge >= 0.3 is 0 Å². The van der Waals surface area contributed by atoms with Crippen LogP contribution >= 0.6 is 0 Å². The van der Waals surface area contributed by atoms with E-state index >= 15 is 0 Å². The number of imidazole rings is 1. The Morgan fingerprint density at radius 3 is 2.76 bits per heavy atom. The molecule has 0 aliphatic heterocycles. The second-order valence-corrected chi connectivity index (χ2v) is 4.08. The summed E-state index contributed by atoms with van der Waals surface area (Å²) in [5.41, 5.74) is 9.17. The summed E-state index contributed by atoms with van der Waals surface area (Å²) in [6, 6.07) is 1.98. The maximum absolute atomic E-state index is 5.97. The number of pyridine rings is 1. The predicted octanol–water partition coefficient (Wildman–Crippen LogP) is 1.01. The lowest BCUT2D eigenvalue weighted by molar-refractivity contribution is 0.635. The summed E-state index contributed by atoms with van der Waals surface area (Å²) in [5, 5.41) is 3.26. The van der Waals surface area contributed by atoms with Crippen LogP contribution in [0, 0.1) is 6.92 Å². The summed E-state index contributed by atoms with van der Waals surface area (Å²) in [6.45, 7) is 2.04. The van der Waals surface area contributed by atoms with E-state index < -0.39 is 0 Å². The normalized spacial score (nSPS) is 12.6. The van der Waals surface area contributed by atoms with Crippen molar-refractivity contribution in [2.45, 2.75) is 13.0 Å². The van der Waals surface area contributed by atoms with Crippen molar-refractivity contribution in [3.05, 3.63) is 41.6 Å². The van der Waals surface area contributed by atoms with Gasteiger partial charge in [-0.3, -0.25) is 0 Å². The molecule has 3 N–H and O–H groups in total. The van der Waals surface area contributed by atoms with E-state index in [2.05, 4.69) is 15.3 Å². The van der Waals surface area contributed by atoms with E-state index in [4.69, 9.17) is 5.73 Å². The number of hydrogen-bond donors (Lipinski definition) is 2. The topological polar surface area (TPSA) is 68.8 Å². The van der Waals surface area contributed by atoms with Crippen LogP contribution in [0.1, 0.15) is 22.9 Å². The van der Waals surface area contributed by atoms with Crippen molar-refractivity contribution in [2.24, 2.45) is 7.05 Å². The largest absolute Gasteiger partial charge is 0.383 e. The van der Waals surface area contributed by atoms with Crippen molar-refractivity contribution in [2.75, 3.05) is 12.8 Å². The van der Waals surface area contributed by atoms with Crippen molar-refractivity contribution in [1.82, 2.24) is 19.9 Å². The lowest BCUT2D eigenvalue weighted by atomic mass is 10.00. The number of aromatic nitrogens is 3. The maximum Gasteiger partial charge on any atom is 0.128 e. The van der Waals surface area contributed by atoms with E-state index in [1.807, 2.05) is 37.8 Å². The van der Waals surface area contributed by atoms with E-state index in [1.165, 1.54) is 0 Å². The second kappa shape index (κ2) is 4.55. The Morgan fingerprint density at radius 2 is 2.24 bits per heavy atom. The van der Waals surface area contributed by atoms with Crippen LogP contribution in [0.2, 0.25) is 0 Å². The molecule has 5 heteroatoms. The first kappa shape index (κ1) is 11.6. The van der Waals surface area contributed by atoms with Crippen LogP contribution in [-0.2, 0) is 7.05 Å². The number of nitrogens with one attached hydrogen (secondary N) is 1. The Morgan fingerprint density at radius 1 is 1.47 bits per heavy atom. The fourth-order valence-electron chi connectivity index (χ4n) is 2.05. The molecule has 17 heavy (non-hydrogen) atoms. The average molecular weight is 231 g/mol. The molecule has 0 fully saturated rings. The number of nitrogen functional groups attached to an aromatic ring is 1. The van der Waals surface area contributed by atoms with Crippen molar-refractivity contribution < 1.29 is 0 Å². The van der Waals surface area contributed by atoms with Gasteiger partial charge in [0.2, 0.25) is 0 Å². The molecule has 2 heterocycles. The summed E-state index contributed by atoms with van der Waals surface area (Å²) >= 11 is 0. The quantitative estimate of drug-likeness (QED) is 0.827. The van der Waals surface area contributed by atoms with E-state index in [-0.39, 0.29) is 6.04 Å². The Labute approximate surface area is 101 Å². The van der Waals surface area contributed by atoms with Crippen LogP contribution in [0.25, 0.3) is 0 Å². The monoisotopic (exact) mass is 231 g/mol. The van der Waals surface area contributed by atoms with Crippen molar-refractivity contribution in [1.29, 1.82) is 0 Å². The molecular formula is C12H17N5. The van der Waals surface area contributed by atoms with Gasteiger partial charge in [0.05, 0.1) is 24.3 Å². The Balaban J connectivity index is 2.53. The van der Waals surface area contributed by atoms with Gasteiger partial charge in [-0.15, -0.1) is 0 Å². The first-order chi connectivity index (χ1) is 8.15. The molecule has 2 aromatic heterocycles. The highest BCUT2D eigenvalue weighted by Crippen LogP contribution is 2.27. The third-order valence-corrected chi connectivity index (χ3v) is 2.97. The highest BCUT2D eigenvalue weighted by Gasteiger charge is 2.20. The van der Waals surface area contributed by atoms with E-state index in [1.54, 1.807) is 12.5 Å². The SMILES string of the molecule is CNC(c1c(C)ccnc1N)c1cncn1C. The van der Waals surface area contributed by atoms with Gasteiger partial charge in [0.25, 0.3) is 0 Å². The molecule has 0 bridgehead atoms. The molecule has 0 aliphatic carbocycles. The van der Waals surface area contributed by atoms with Gasteiger partial charge in [-0.05, 0) is 25.6 Å². The van der Waals surface area contributed by atoms with E-state index in [0.717, 1.165) is 16.8 Å². The Hall–Kier alpha value is -1.88. The minimum Gasteiger partial charge on any atom is -0.383 e. The van der Waals surface area contributed by atoms with Crippen molar-refractivity contribution in [3.8, 4) is 0 Å². The third-order valence-electron chi connectivity index (χ3n) is 2.97. The van der Waals surface area contributed by atoms with Crippen molar-refractivity contribution >= 4 is 5.82 Å². The Kier molecular flexibility index (Phi) is 3.10. The zero-order valence-corrected chi connectivity index (χ0v) is 10.3. The summed E-state index contributed by atoms with van der Waals surface area (Å²) in [4.78, 5) is 8.29. The van der Waals surface area contributed by atoms with Crippen LogP contribution in [0.3, 0.4) is 0 Å². The molecule has 5 nitrogen and oxygen atoms in total. The number of aryl methyl sites for hydroxylation is 2. The summed E-state index contributed by atoms with van der Waals surface area (Å²) in [6.07, 6.45) is 5.35. The fourth-order valence-corrected chi connectivity index (χ4v) is 2.05. The minimum absolute atomic E-state index is 0.0104.